The van der Waals surface area contributed by atoms with Crippen molar-refractivity contribution in [3.63, 3.8) is 0 Å². The Labute approximate surface area is 121 Å². The van der Waals surface area contributed by atoms with Crippen LogP contribution in [0.5, 0.6) is 0 Å². The Morgan fingerprint density at radius 1 is 1.26 bits per heavy atom. The van der Waals surface area contributed by atoms with Crippen LogP contribution in [0.3, 0.4) is 0 Å². The molecule has 1 aromatic carbocycles. The first-order valence-electron chi connectivity index (χ1n) is 6.60. The first-order valence-corrected chi connectivity index (χ1v) is 8.70. The molecule has 0 heterocycles. The number of hydrogen-bond donors (Lipinski definition) is 1. The largest absolute Gasteiger partial charge is 0.313 e. The highest BCUT2D eigenvalue weighted by atomic mass is 35.5. The molecule has 0 saturated carbocycles. The predicted octanol–water partition coefficient (Wildman–Crippen LogP) is 3.03. The van der Waals surface area contributed by atoms with E-state index in [2.05, 4.69) is 5.32 Å². The Hall–Kier alpha value is -0.580. The fraction of sp³-hybridized carbons (Fsp3) is 0.571. The van der Waals surface area contributed by atoms with E-state index in [1.54, 1.807) is 25.1 Å². The molecule has 19 heavy (non-hydrogen) atoms. The third-order valence-electron chi connectivity index (χ3n) is 3.35. The summed E-state index contributed by atoms with van der Waals surface area (Å²) in [6.45, 7) is 6.51. The van der Waals surface area contributed by atoms with Gasteiger partial charge in [0.25, 0.3) is 0 Å². The maximum absolute atomic E-state index is 12.4. The topological polar surface area (TPSA) is 46.2 Å². The zero-order valence-corrected chi connectivity index (χ0v) is 13.3. The minimum absolute atomic E-state index is 0.00423. The fourth-order valence-electron chi connectivity index (χ4n) is 2.12. The van der Waals surface area contributed by atoms with Crippen LogP contribution in [0.4, 0.5) is 0 Å². The van der Waals surface area contributed by atoms with Gasteiger partial charge in [-0.15, -0.1) is 0 Å². The summed E-state index contributed by atoms with van der Waals surface area (Å²) in [6, 6.07) is 7.08. The van der Waals surface area contributed by atoms with Gasteiger partial charge in [0.1, 0.15) is 0 Å². The molecule has 0 spiro atoms. The van der Waals surface area contributed by atoms with Crippen molar-refractivity contribution in [1.82, 2.24) is 5.32 Å². The summed E-state index contributed by atoms with van der Waals surface area (Å²) >= 11 is 6.03. The van der Waals surface area contributed by atoms with E-state index in [9.17, 15) is 8.42 Å². The molecule has 5 heteroatoms. The zero-order valence-electron chi connectivity index (χ0n) is 11.7. The van der Waals surface area contributed by atoms with Crippen molar-refractivity contribution in [2.45, 2.75) is 44.2 Å². The molecule has 0 fully saturated rings. The SMILES string of the molecule is CCNC(CC)C(C)S(=O)(=O)Cc1ccccc1Cl. The molecule has 1 N–H and O–H groups in total. The molecule has 0 saturated heterocycles. The molecule has 2 unspecified atom stereocenters. The highest BCUT2D eigenvalue weighted by Gasteiger charge is 2.28. The highest BCUT2D eigenvalue weighted by Crippen LogP contribution is 2.21. The van der Waals surface area contributed by atoms with Crippen molar-refractivity contribution >= 4 is 21.4 Å². The zero-order chi connectivity index (χ0) is 14.5. The second-order valence-corrected chi connectivity index (χ2v) is 7.44. The van der Waals surface area contributed by atoms with Crippen LogP contribution in [0.1, 0.15) is 32.8 Å². The van der Waals surface area contributed by atoms with Crippen LogP contribution in [-0.2, 0) is 15.6 Å². The van der Waals surface area contributed by atoms with Crippen molar-refractivity contribution in [2.24, 2.45) is 0 Å². The van der Waals surface area contributed by atoms with Gasteiger partial charge < -0.3 is 5.32 Å². The smallest absolute Gasteiger partial charge is 0.158 e. The number of hydrogen-bond acceptors (Lipinski definition) is 3. The summed E-state index contributed by atoms with van der Waals surface area (Å²) in [5.74, 6) is -0.00423. The summed E-state index contributed by atoms with van der Waals surface area (Å²) < 4.78 is 24.9. The Morgan fingerprint density at radius 2 is 1.89 bits per heavy atom. The molecule has 0 aromatic heterocycles. The molecule has 108 valence electrons. The second kappa shape index (κ2) is 7.27. The minimum Gasteiger partial charge on any atom is -0.313 e. The van der Waals surface area contributed by atoms with Gasteiger partial charge >= 0.3 is 0 Å². The van der Waals surface area contributed by atoms with Crippen molar-refractivity contribution in [3.05, 3.63) is 34.9 Å². The number of rotatable bonds is 7. The van der Waals surface area contributed by atoms with Gasteiger partial charge in [-0.1, -0.05) is 43.6 Å². The normalized spacial score (nSPS) is 15.2. The van der Waals surface area contributed by atoms with E-state index in [4.69, 9.17) is 11.6 Å². The van der Waals surface area contributed by atoms with Crippen LogP contribution in [-0.4, -0.2) is 26.3 Å². The maximum atomic E-state index is 12.4. The van der Waals surface area contributed by atoms with Gasteiger partial charge in [0.05, 0.1) is 11.0 Å². The molecule has 0 aliphatic rings. The van der Waals surface area contributed by atoms with E-state index in [0.717, 1.165) is 13.0 Å². The molecule has 3 nitrogen and oxygen atoms in total. The molecule has 0 amide bonds. The molecule has 1 rings (SSSR count). The summed E-state index contributed by atoms with van der Waals surface area (Å²) in [4.78, 5) is 0. The molecule has 0 aliphatic carbocycles. The standard InChI is InChI=1S/C14H22ClNO2S/c1-4-14(16-5-2)11(3)19(17,18)10-12-8-6-7-9-13(12)15/h6-9,11,14,16H,4-5,10H2,1-3H3. The molecule has 0 aliphatic heterocycles. The third-order valence-corrected chi connectivity index (χ3v) is 5.90. The molecule has 2 atom stereocenters. The van der Waals surface area contributed by atoms with E-state index in [0.29, 0.717) is 10.6 Å². The number of nitrogens with one attached hydrogen (secondary N) is 1. The number of benzene rings is 1. The van der Waals surface area contributed by atoms with Crippen LogP contribution in [0.25, 0.3) is 0 Å². The second-order valence-electron chi connectivity index (χ2n) is 4.68. The Bertz CT molecular complexity index is 502. The third kappa shape index (κ3) is 4.48. The quantitative estimate of drug-likeness (QED) is 0.842. The fourth-order valence-corrected chi connectivity index (χ4v) is 4.14. The van der Waals surface area contributed by atoms with Crippen molar-refractivity contribution in [3.8, 4) is 0 Å². The summed E-state index contributed by atoms with van der Waals surface area (Å²) in [5.41, 5.74) is 0.669. The lowest BCUT2D eigenvalue weighted by molar-refractivity contribution is 0.482. The first kappa shape index (κ1) is 16.5. The van der Waals surface area contributed by atoms with Crippen LogP contribution in [0.15, 0.2) is 24.3 Å². The Morgan fingerprint density at radius 3 is 2.42 bits per heavy atom. The van der Waals surface area contributed by atoms with E-state index in [1.807, 2.05) is 19.9 Å². The lowest BCUT2D eigenvalue weighted by atomic mass is 10.2. The van der Waals surface area contributed by atoms with Crippen molar-refractivity contribution in [2.75, 3.05) is 6.54 Å². The summed E-state index contributed by atoms with van der Waals surface area (Å²) in [6.07, 6.45) is 0.788. The summed E-state index contributed by atoms with van der Waals surface area (Å²) in [7, 11) is -3.22. The van der Waals surface area contributed by atoms with Gasteiger partial charge in [0.15, 0.2) is 9.84 Å². The van der Waals surface area contributed by atoms with Gasteiger partial charge in [-0.3, -0.25) is 0 Å². The van der Waals surface area contributed by atoms with Gasteiger partial charge in [0, 0.05) is 11.1 Å². The van der Waals surface area contributed by atoms with Crippen molar-refractivity contribution in [1.29, 1.82) is 0 Å². The molecular weight excluding hydrogens is 282 g/mol. The Balaban J connectivity index is 2.89. The van der Waals surface area contributed by atoms with E-state index in [-0.39, 0.29) is 11.8 Å². The van der Waals surface area contributed by atoms with Gasteiger partial charge in [-0.2, -0.15) is 0 Å². The highest BCUT2D eigenvalue weighted by molar-refractivity contribution is 7.91. The Kier molecular flexibility index (Phi) is 6.30. The van der Waals surface area contributed by atoms with Gasteiger partial charge in [-0.25, -0.2) is 8.42 Å². The van der Waals surface area contributed by atoms with Crippen LogP contribution in [0, 0.1) is 0 Å². The number of halogens is 1. The number of sulfone groups is 1. The van der Waals surface area contributed by atoms with Gasteiger partial charge in [-0.05, 0) is 31.5 Å². The van der Waals surface area contributed by atoms with E-state index in [1.165, 1.54) is 0 Å². The lowest BCUT2D eigenvalue weighted by Gasteiger charge is -2.23. The molecule has 1 aromatic rings. The minimum atomic E-state index is -3.22. The van der Waals surface area contributed by atoms with Crippen LogP contribution in [0.2, 0.25) is 5.02 Å². The lowest BCUT2D eigenvalue weighted by Crippen LogP contribution is -2.42. The monoisotopic (exact) mass is 303 g/mol. The molecular formula is C14H22ClNO2S. The van der Waals surface area contributed by atoms with Gasteiger partial charge in [0.2, 0.25) is 0 Å². The molecule has 0 bridgehead atoms. The average Bonchev–Trinajstić information content (AvgIpc) is 2.37. The average molecular weight is 304 g/mol. The van der Waals surface area contributed by atoms with E-state index >= 15 is 0 Å². The van der Waals surface area contributed by atoms with Crippen LogP contribution < -0.4 is 5.32 Å². The van der Waals surface area contributed by atoms with E-state index < -0.39 is 15.1 Å². The van der Waals surface area contributed by atoms with Crippen molar-refractivity contribution < 1.29 is 8.42 Å². The summed E-state index contributed by atoms with van der Waals surface area (Å²) in [5, 5.41) is 3.31. The maximum Gasteiger partial charge on any atom is 0.158 e. The molecule has 0 radical (unpaired) electrons. The first-order chi connectivity index (χ1) is 8.92. The van der Waals surface area contributed by atoms with Crippen LogP contribution >= 0.6 is 11.6 Å². The predicted molar refractivity (Wildman–Crippen MR) is 81.3 cm³/mol.